The molecule has 0 aliphatic carbocycles. The first kappa shape index (κ1) is 18.1. The minimum atomic E-state index is -0.215. The van der Waals surface area contributed by atoms with Crippen molar-refractivity contribution in [3.8, 4) is 5.75 Å². The van der Waals surface area contributed by atoms with E-state index >= 15 is 0 Å². The molecule has 2 rings (SSSR count). The summed E-state index contributed by atoms with van der Waals surface area (Å²) in [7, 11) is 3.17. The van der Waals surface area contributed by atoms with Crippen molar-refractivity contribution in [3.63, 3.8) is 0 Å². The maximum Gasteiger partial charge on any atom is 0.310 e. The summed E-state index contributed by atoms with van der Waals surface area (Å²) in [5, 5.41) is 3.25. The first-order valence-electron chi connectivity index (χ1n) is 8.39. The number of carbonyl (C=O) groups excluding carboxylic acids is 1. The van der Waals surface area contributed by atoms with Gasteiger partial charge in [-0.1, -0.05) is 25.1 Å². The van der Waals surface area contributed by atoms with Gasteiger partial charge in [0.25, 0.3) is 0 Å². The molecule has 1 heterocycles. The minimum Gasteiger partial charge on any atom is -0.490 e. The fraction of sp³-hybridized carbons (Fsp3) is 0.556. The van der Waals surface area contributed by atoms with Gasteiger partial charge in [-0.15, -0.1) is 0 Å². The highest BCUT2D eigenvalue weighted by molar-refractivity contribution is 5.81. The second-order valence-electron chi connectivity index (χ2n) is 5.97. The van der Waals surface area contributed by atoms with Gasteiger partial charge in [-0.05, 0) is 12.1 Å². The summed E-state index contributed by atoms with van der Waals surface area (Å²) in [4.78, 5) is 18.0. The number of rotatable bonds is 5. The number of nitrogens with one attached hydrogen (secondary N) is 1. The number of methoxy groups -OCH3 is 1. The Morgan fingerprint density at radius 2 is 2.00 bits per heavy atom. The summed E-state index contributed by atoms with van der Waals surface area (Å²) in [6, 6.07) is 9.93. The van der Waals surface area contributed by atoms with Crippen LogP contribution in [-0.4, -0.2) is 56.7 Å². The lowest BCUT2D eigenvalue weighted by molar-refractivity contribution is -0.144. The number of hydrogen-bond acceptors (Lipinski definition) is 4. The van der Waals surface area contributed by atoms with E-state index in [2.05, 4.69) is 15.2 Å². The van der Waals surface area contributed by atoms with E-state index in [-0.39, 0.29) is 18.0 Å². The Balaban J connectivity index is 1.78. The van der Waals surface area contributed by atoms with Crippen molar-refractivity contribution < 1.29 is 14.3 Å². The highest BCUT2D eigenvalue weighted by atomic mass is 16.5. The molecule has 0 aromatic heterocycles. The molecule has 1 aliphatic rings. The maximum absolute atomic E-state index is 11.5. The molecule has 24 heavy (non-hydrogen) atoms. The molecule has 0 radical (unpaired) electrons. The zero-order valence-corrected chi connectivity index (χ0v) is 14.7. The van der Waals surface area contributed by atoms with Crippen LogP contribution in [0.15, 0.2) is 35.3 Å². The van der Waals surface area contributed by atoms with E-state index in [0.717, 1.165) is 37.6 Å². The smallest absolute Gasteiger partial charge is 0.310 e. The van der Waals surface area contributed by atoms with Crippen LogP contribution in [0.25, 0.3) is 0 Å². The fourth-order valence-corrected chi connectivity index (χ4v) is 2.74. The summed E-state index contributed by atoms with van der Waals surface area (Å²) in [5.74, 6) is 1.33. The van der Waals surface area contributed by atoms with Crippen molar-refractivity contribution in [1.29, 1.82) is 0 Å². The number of likely N-dealkylation sites (tertiary alicyclic amines) is 1. The zero-order valence-electron chi connectivity index (χ0n) is 14.7. The Labute approximate surface area is 143 Å². The van der Waals surface area contributed by atoms with Gasteiger partial charge < -0.3 is 19.7 Å². The Morgan fingerprint density at radius 1 is 1.33 bits per heavy atom. The van der Waals surface area contributed by atoms with Gasteiger partial charge >= 0.3 is 5.97 Å². The molecular weight excluding hydrogens is 306 g/mol. The third-order valence-electron chi connectivity index (χ3n) is 4.17. The van der Waals surface area contributed by atoms with Crippen LogP contribution in [0.4, 0.5) is 0 Å². The van der Waals surface area contributed by atoms with Gasteiger partial charge in [0.05, 0.1) is 13.0 Å². The summed E-state index contributed by atoms with van der Waals surface area (Å²) in [6.07, 6.45) is 2.13. The molecule has 1 unspecified atom stereocenters. The van der Waals surface area contributed by atoms with Gasteiger partial charge in [0.15, 0.2) is 5.96 Å². The molecule has 1 atom stereocenters. The van der Waals surface area contributed by atoms with E-state index in [9.17, 15) is 4.79 Å². The van der Waals surface area contributed by atoms with E-state index < -0.39 is 0 Å². The molecule has 132 valence electrons. The Bertz CT molecular complexity index is 540. The molecule has 1 aromatic carbocycles. The van der Waals surface area contributed by atoms with Crippen LogP contribution in [0.1, 0.15) is 19.8 Å². The van der Waals surface area contributed by atoms with Crippen molar-refractivity contribution in [2.24, 2.45) is 10.9 Å². The summed E-state index contributed by atoms with van der Waals surface area (Å²) in [6.45, 7) is 4.11. The van der Waals surface area contributed by atoms with Gasteiger partial charge in [0.2, 0.25) is 0 Å². The fourth-order valence-electron chi connectivity index (χ4n) is 2.74. The molecule has 0 bridgehead atoms. The normalized spacial score (nSPS) is 17.3. The van der Waals surface area contributed by atoms with Crippen molar-refractivity contribution >= 4 is 11.9 Å². The van der Waals surface area contributed by atoms with Crippen LogP contribution >= 0.6 is 0 Å². The Morgan fingerprint density at radius 3 is 2.58 bits per heavy atom. The van der Waals surface area contributed by atoms with E-state index in [0.29, 0.717) is 6.54 Å². The number of benzene rings is 1. The Kier molecular flexibility index (Phi) is 6.90. The Hall–Kier alpha value is -2.24. The molecule has 0 saturated carbocycles. The largest absolute Gasteiger partial charge is 0.490 e. The van der Waals surface area contributed by atoms with E-state index in [1.54, 1.807) is 7.05 Å². The van der Waals surface area contributed by atoms with Crippen LogP contribution < -0.4 is 10.1 Å². The van der Waals surface area contributed by atoms with Crippen LogP contribution in [0.2, 0.25) is 0 Å². The van der Waals surface area contributed by atoms with Crippen molar-refractivity contribution in [2.75, 3.05) is 33.8 Å². The van der Waals surface area contributed by atoms with E-state index in [1.807, 2.05) is 37.3 Å². The maximum atomic E-state index is 11.5. The topological polar surface area (TPSA) is 63.2 Å². The van der Waals surface area contributed by atoms with Gasteiger partial charge in [-0.3, -0.25) is 9.79 Å². The second-order valence-corrected chi connectivity index (χ2v) is 5.97. The van der Waals surface area contributed by atoms with Crippen LogP contribution in [0.5, 0.6) is 5.75 Å². The van der Waals surface area contributed by atoms with Crippen molar-refractivity contribution in [3.05, 3.63) is 30.3 Å². The van der Waals surface area contributed by atoms with Gasteiger partial charge in [0.1, 0.15) is 11.9 Å². The first-order chi connectivity index (χ1) is 11.6. The minimum absolute atomic E-state index is 0.203. The highest BCUT2D eigenvalue weighted by Gasteiger charge is 2.23. The lowest BCUT2D eigenvalue weighted by atomic mass is 10.1. The number of aliphatic imine (C=N–C) groups is 1. The molecule has 1 aromatic rings. The molecule has 0 amide bonds. The van der Waals surface area contributed by atoms with Gasteiger partial charge in [0, 0.05) is 39.5 Å². The molecule has 1 aliphatic heterocycles. The average Bonchev–Trinajstić information content (AvgIpc) is 2.63. The lowest BCUT2D eigenvalue weighted by Crippen LogP contribution is -2.48. The van der Waals surface area contributed by atoms with E-state index in [1.165, 1.54) is 7.11 Å². The number of para-hydroxylation sites is 1. The molecule has 1 fully saturated rings. The predicted molar refractivity (Wildman–Crippen MR) is 94.2 cm³/mol. The SMILES string of the molecule is CN=C(NCC(C)C(=O)OC)N1CCC(Oc2ccccc2)CC1. The van der Waals surface area contributed by atoms with Crippen molar-refractivity contribution in [1.82, 2.24) is 10.2 Å². The van der Waals surface area contributed by atoms with Crippen LogP contribution in [0.3, 0.4) is 0 Å². The number of esters is 1. The van der Waals surface area contributed by atoms with Crippen LogP contribution in [-0.2, 0) is 9.53 Å². The number of guanidine groups is 1. The average molecular weight is 333 g/mol. The zero-order chi connectivity index (χ0) is 17.4. The molecular formula is C18H27N3O3. The number of ether oxygens (including phenoxy) is 2. The third kappa shape index (κ3) is 5.15. The summed E-state index contributed by atoms with van der Waals surface area (Å²) in [5.41, 5.74) is 0. The van der Waals surface area contributed by atoms with Gasteiger partial charge in [-0.25, -0.2) is 0 Å². The number of carbonyl (C=O) groups is 1. The molecule has 6 heteroatoms. The second kappa shape index (κ2) is 9.15. The number of piperidine rings is 1. The standard InChI is InChI=1S/C18H27N3O3/c1-14(17(22)23-3)13-20-18(19-2)21-11-9-16(10-12-21)24-15-7-5-4-6-8-15/h4-8,14,16H,9-13H2,1-3H3,(H,19,20). The molecule has 1 N–H and O–H groups in total. The highest BCUT2D eigenvalue weighted by Crippen LogP contribution is 2.18. The third-order valence-corrected chi connectivity index (χ3v) is 4.17. The van der Waals surface area contributed by atoms with E-state index in [4.69, 9.17) is 9.47 Å². The molecule has 1 saturated heterocycles. The van der Waals surface area contributed by atoms with Crippen LogP contribution in [0, 0.1) is 5.92 Å². The predicted octanol–water partition coefficient (Wildman–Crippen LogP) is 1.91. The quantitative estimate of drug-likeness (QED) is 0.507. The lowest BCUT2D eigenvalue weighted by Gasteiger charge is -2.34. The molecule has 6 nitrogen and oxygen atoms in total. The number of nitrogens with zero attached hydrogens (tertiary/aromatic N) is 2. The molecule has 0 spiro atoms. The summed E-state index contributed by atoms with van der Waals surface area (Å²) < 4.78 is 10.8. The first-order valence-corrected chi connectivity index (χ1v) is 8.39. The van der Waals surface area contributed by atoms with Crippen molar-refractivity contribution in [2.45, 2.75) is 25.9 Å². The van der Waals surface area contributed by atoms with Gasteiger partial charge in [-0.2, -0.15) is 0 Å². The summed E-state index contributed by atoms with van der Waals surface area (Å²) >= 11 is 0. The number of hydrogen-bond donors (Lipinski definition) is 1. The monoisotopic (exact) mass is 333 g/mol.